The predicted molar refractivity (Wildman–Crippen MR) is 133 cm³/mol. The number of nitrogen functional groups attached to an aromatic ring is 1. The lowest BCUT2D eigenvalue weighted by atomic mass is 10.0. The van der Waals surface area contributed by atoms with Crippen LogP contribution < -0.4 is 16.0 Å². The Balaban J connectivity index is 1.63. The molecule has 1 heterocycles. The highest BCUT2D eigenvalue weighted by Crippen LogP contribution is 2.31. The molecule has 3 aromatic carbocycles. The molecule has 3 N–H and O–H groups in total. The molecule has 4 aromatic rings. The molecule has 0 saturated carbocycles. The maximum Gasteiger partial charge on any atom is 0.159 e. The molecule has 0 fully saturated rings. The van der Waals surface area contributed by atoms with E-state index in [1.165, 1.54) is 16.7 Å². The molecule has 0 amide bonds. The van der Waals surface area contributed by atoms with Gasteiger partial charge in [0.2, 0.25) is 0 Å². The van der Waals surface area contributed by atoms with Crippen molar-refractivity contribution in [2.75, 3.05) is 16.0 Å². The minimum absolute atomic E-state index is 0.490. The topological polar surface area (TPSA) is 67.1 Å². The Morgan fingerprint density at radius 2 is 1.34 bits per heavy atom. The maximum atomic E-state index is 6.59. The fraction of sp³-hybridized carbons (Fsp3) is 0.185. The smallest absolute Gasteiger partial charge is 0.159 e. The quantitative estimate of drug-likeness (QED) is 0.357. The van der Waals surface area contributed by atoms with E-state index in [-0.39, 0.29) is 0 Å². The molecule has 0 saturated heterocycles. The van der Waals surface area contributed by atoms with Crippen molar-refractivity contribution in [2.45, 2.75) is 32.9 Å². The highest BCUT2D eigenvalue weighted by Gasteiger charge is 2.17. The summed E-state index contributed by atoms with van der Waals surface area (Å²) in [5, 5.41) is 3.36. The summed E-state index contributed by atoms with van der Waals surface area (Å²) in [5.41, 5.74) is 11.8. The summed E-state index contributed by atoms with van der Waals surface area (Å²) in [7, 11) is 0. The Labute approximate surface area is 190 Å². The summed E-state index contributed by atoms with van der Waals surface area (Å²) in [4.78, 5) is 11.2. The standard InChI is InChI=1S/C27H29N5/c1-20(2)23-13-15-24(16-14-23)31-26-25(28)27(30-19-29-26)32(17-21-9-5-3-6-10-21)18-22-11-7-4-8-12-22/h3-16,19-20H,17-18,28H2,1-2H3,(H,29,30,31). The van der Waals surface area contributed by atoms with E-state index < -0.39 is 0 Å². The molecule has 0 aliphatic rings. The van der Waals surface area contributed by atoms with E-state index in [4.69, 9.17) is 5.73 Å². The van der Waals surface area contributed by atoms with Crippen LogP contribution in [0, 0.1) is 0 Å². The van der Waals surface area contributed by atoms with E-state index >= 15 is 0 Å². The van der Waals surface area contributed by atoms with Gasteiger partial charge in [0, 0.05) is 18.8 Å². The molecule has 0 aliphatic carbocycles. The van der Waals surface area contributed by atoms with Crippen LogP contribution in [0.4, 0.5) is 23.0 Å². The molecule has 4 rings (SSSR count). The van der Waals surface area contributed by atoms with Crippen molar-refractivity contribution in [2.24, 2.45) is 0 Å². The van der Waals surface area contributed by atoms with E-state index in [1.54, 1.807) is 6.33 Å². The van der Waals surface area contributed by atoms with Gasteiger partial charge in [0.15, 0.2) is 11.6 Å². The second-order valence-corrected chi connectivity index (χ2v) is 8.19. The third-order valence-electron chi connectivity index (χ3n) is 5.44. The summed E-state index contributed by atoms with van der Waals surface area (Å²) in [6.07, 6.45) is 1.57. The monoisotopic (exact) mass is 423 g/mol. The molecule has 162 valence electrons. The van der Waals surface area contributed by atoms with Crippen LogP contribution in [-0.2, 0) is 13.1 Å². The van der Waals surface area contributed by atoms with Crippen molar-refractivity contribution in [3.05, 3.63) is 108 Å². The summed E-state index contributed by atoms with van der Waals surface area (Å²) in [6.45, 7) is 5.76. The molecule has 0 bridgehead atoms. The van der Waals surface area contributed by atoms with Gasteiger partial charge in [0.05, 0.1) is 0 Å². The van der Waals surface area contributed by atoms with E-state index in [0.717, 1.165) is 5.69 Å². The zero-order valence-electron chi connectivity index (χ0n) is 18.6. The summed E-state index contributed by atoms with van der Waals surface area (Å²) in [6, 6.07) is 29.1. The number of rotatable bonds is 8. The van der Waals surface area contributed by atoms with Gasteiger partial charge in [-0.3, -0.25) is 0 Å². The average molecular weight is 424 g/mol. The number of nitrogens with one attached hydrogen (secondary N) is 1. The Kier molecular flexibility index (Phi) is 6.66. The van der Waals surface area contributed by atoms with Crippen molar-refractivity contribution in [3.8, 4) is 0 Å². The first-order valence-corrected chi connectivity index (χ1v) is 10.9. The van der Waals surface area contributed by atoms with Crippen LogP contribution in [0.2, 0.25) is 0 Å². The van der Waals surface area contributed by atoms with Gasteiger partial charge in [-0.25, -0.2) is 9.97 Å². The largest absolute Gasteiger partial charge is 0.393 e. The van der Waals surface area contributed by atoms with Crippen LogP contribution >= 0.6 is 0 Å². The Morgan fingerprint density at radius 3 is 1.88 bits per heavy atom. The third kappa shape index (κ3) is 5.24. The first kappa shape index (κ1) is 21.4. The first-order chi connectivity index (χ1) is 15.6. The highest BCUT2D eigenvalue weighted by molar-refractivity contribution is 5.78. The lowest BCUT2D eigenvalue weighted by molar-refractivity contribution is 0.782. The molecule has 0 aliphatic heterocycles. The molecular formula is C27H29N5. The molecule has 0 unspecified atom stereocenters. The third-order valence-corrected chi connectivity index (χ3v) is 5.44. The summed E-state index contributed by atoms with van der Waals surface area (Å²) < 4.78 is 0. The Hall–Kier alpha value is -3.86. The molecule has 5 nitrogen and oxygen atoms in total. The second kappa shape index (κ2) is 9.96. The number of hydrogen-bond donors (Lipinski definition) is 2. The number of nitrogens with zero attached hydrogens (tertiary/aromatic N) is 3. The molecule has 1 aromatic heterocycles. The van der Waals surface area contributed by atoms with Crippen LogP contribution in [-0.4, -0.2) is 9.97 Å². The SMILES string of the molecule is CC(C)c1ccc(Nc2ncnc(N(Cc3ccccc3)Cc3ccccc3)c2N)cc1. The zero-order valence-corrected chi connectivity index (χ0v) is 18.6. The number of aromatic nitrogens is 2. The number of anilines is 4. The minimum Gasteiger partial charge on any atom is -0.393 e. The van der Waals surface area contributed by atoms with Crippen molar-refractivity contribution in [1.82, 2.24) is 9.97 Å². The first-order valence-electron chi connectivity index (χ1n) is 10.9. The number of benzene rings is 3. The van der Waals surface area contributed by atoms with Crippen LogP contribution in [0.3, 0.4) is 0 Å². The maximum absolute atomic E-state index is 6.59. The van der Waals surface area contributed by atoms with Crippen LogP contribution in [0.1, 0.15) is 36.5 Å². The molecule has 5 heteroatoms. The van der Waals surface area contributed by atoms with E-state index in [1.807, 2.05) is 36.4 Å². The zero-order chi connectivity index (χ0) is 22.3. The summed E-state index contributed by atoms with van der Waals surface area (Å²) >= 11 is 0. The van der Waals surface area contributed by atoms with Crippen LogP contribution in [0.5, 0.6) is 0 Å². The average Bonchev–Trinajstić information content (AvgIpc) is 2.82. The lowest BCUT2D eigenvalue weighted by Gasteiger charge is -2.26. The lowest BCUT2D eigenvalue weighted by Crippen LogP contribution is -2.24. The predicted octanol–water partition coefficient (Wildman–Crippen LogP) is 6.13. The number of nitrogens with two attached hydrogens (primary N) is 1. The molecule has 0 radical (unpaired) electrons. The summed E-state index contributed by atoms with van der Waals surface area (Å²) in [5.74, 6) is 1.82. The van der Waals surface area contributed by atoms with E-state index in [0.29, 0.717) is 36.3 Å². The van der Waals surface area contributed by atoms with E-state index in [9.17, 15) is 0 Å². The van der Waals surface area contributed by atoms with Crippen LogP contribution in [0.15, 0.2) is 91.3 Å². The molecule has 0 spiro atoms. The van der Waals surface area contributed by atoms with Gasteiger partial charge < -0.3 is 16.0 Å². The van der Waals surface area contributed by atoms with Gasteiger partial charge in [-0.15, -0.1) is 0 Å². The second-order valence-electron chi connectivity index (χ2n) is 8.19. The van der Waals surface area contributed by atoms with Crippen molar-refractivity contribution in [3.63, 3.8) is 0 Å². The van der Waals surface area contributed by atoms with Gasteiger partial charge in [-0.2, -0.15) is 0 Å². The van der Waals surface area contributed by atoms with Crippen molar-refractivity contribution < 1.29 is 0 Å². The molecule has 0 atom stereocenters. The minimum atomic E-state index is 0.490. The fourth-order valence-electron chi connectivity index (χ4n) is 3.64. The molecular weight excluding hydrogens is 394 g/mol. The van der Waals surface area contributed by atoms with Gasteiger partial charge in [-0.05, 0) is 34.7 Å². The highest BCUT2D eigenvalue weighted by atomic mass is 15.2. The van der Waals surface area contributed by atoms with Gasteiger partial charge in [-0.1, -0.05) is 86.6 Å². The van der Waals surface area contributed by atoms with Gasteiger partial charge >= 0.3 is 0 Å². The van der Waals surface area contributed by atoms with E-state index in [2.05, 4.69) is 82.6 Å². The molecule has 32 heavy (non-hydrogen) atoms. The normalized spacial score (nSPS) is 10.8. The van der Waals surface area contributed by atoms with Gasteiger partial charge in [0.25, 0.3) is 0 Å². The number of hydrogen-bond acceptors (Lipinski definition) is 5. The Bertz CT molecular complexity index is 1080. The van der Waals surface area contributed by atoms with Gasteiger partial charge in [0.1, 0.15) is 12.0 Å². The Morgan fingerprint density at radius 1 is 0.781 bits per heavy atom. The van der Waals surface area contributed by atoms with Crippen LogP contribution in [0.25, 0.3) is 0 Å². The van der Waals surface area contributed by atoms with Crippen molar-refractivity contribution >= 4 is 23.0 Å². The fourth-order valence-corrected chi connectivity index (χ4v) is 3.64. The van der Waals surface area contributed by atoms with Crippen molar-refractivity contribution in [1.29, 1.82) is 0 Å².